The second-order valence-electron chi connectivity index (χ2n) is 6.43. The predicted octanol–water partition coefficient (Wildman–Crippen LogP) is 1.93. The highest BCUT2D eigenvalue weighted by atomic mass is 16.7. The molecule has 1 unspecified atom stereocenters. The molecule has 25 heavy (non-hydrogen) atoms. The van der Waals surface area contributed by atoms with Crippen molar-refractivity contribution in [1.29, 1.82) is 0 Å². The molecule has 1 atom stereocenters. The normalized spacial score (nSPS) is 19.7. The van der Waals surface area contributed by atoms with E-state index >= 15 is 0 Å². The summed E-state index contributed by atoms with van der Waals surface area (Å²) in [7, 11) is 0. The number of hydrogen-bond donors (Lipinski definition) is 3. The Morgan fingerprint density at radius 3 is 2.00 bits per heavy atom. The van der Waals surface area contributed by atoms with Crippen LogP contribution in [0.4, 0.5) is 0 Å². The fourth-order valence-electron chi connectivity index (χ4n) is 2.73. The van der Waals surface area contributed by atoms with Crippen LogP contribution in [0.1, 0.15) is 71.1 Å². The van der Waals surface area contributed by atoms with Gasteiger partial charge in [0.25, 0.3) is 5.97 Å². The number of rotatable bonds is 13. The van der Waals surface area contributed by atoms with Gasteiger partial charge in [0.05, 0.1) is 5.57 Å². The molecule has 0 bridgehead atoms. The van der Waals surface area contributed by atoms with E-state index in [9.17, 15) is 9.59 Å². The number of ether oxygens (including phenoxy) is 2. The summed E-state index contributed by atoms with van der Waals surface area (Å²) in [5.41, 5.74) is -0.399. The van der Waals surface area contributed by atoms with Crippen molar-refractivity contribution < 1.29 is 34.4 Å². The quantitative estimate of drug-likeness (QED) is 0.152. The van der Waals surface area contributed by atoms with Crippen LogP contribution < -0.4 is 0 Å². The van der Waals surface area contributed by atoms with E-state index in [0.717, 1.165) is 19.3 Å². The number of cyclic esters (lactones) is 2. The van der Waals surface area contributed by atoms with E-state index in [0.29, 0.717) is 6.08 Å². The highest BCUT2D eigenvalue weighted by molar-refractivity contribution is 6.09. The van der Waals surface area contributed by atoms with Crippen LogP contribution in [0.3, 0.4) is 0 Å². The average Bonchev–Trinajstić information content (AvgIpc) is 2.77. The topological polar surface area (TPSA) is 113 Å². The molecule has 1 rings (SSSR count). The highest BCUT2D eigenvalue weighted by Crippen LogP contribution is 2.22. The molecule has 1 saturated heterocycles. The fourth-order valence-corrected chi connectivity index (χ4v) is 2.73. The van der Waals surface area contributed by atoms with Gasteiger partial charge in [-0.3, -0.25) is 0 Å². The summed E-state index contributed by atoms with van der Waals surface area (Å²) in [6, 6.07) is 0. The Hall–Kier alpha value is -1.28. The van der Waals surface area contributed by atoms with E-state index in [-0.39, 0.29) is 6.61 Å². The van der Waals surface area contributed by atoms with E-state index < -0.39 is 29.6 Å². The first-order chi connectivity index (χ1) is 11.8. The van der Waals surface area contributed by atoms with Gasteiger partial charge in [0.1, 0.15) is 0 Å². The second-order valence-corrected chi connectivity index (χ2v) is 6.43. The van der Waals surface area contributed by atoms with Gasteiger partial charge in [-0.15, -0.1) is 0 Å². The van der Waals surface area contributed by atoms with E-state index in [1.54, 1.807) is 0 Å². The van der Waals surface area contributed by atoms with Gasteiger partial charge in [-0.05, 0) is 6.42 Å². The summed E-state index contributed by atoms with van der Waals surface area (Å²) in [6.07, 6.45) is 10.7. The molecule has 0 aliphatic carbocycles. The molecule has 0 spiro atoms. The van der Waals surface area contributed by atoms with Crippen molar-refractivity contribution in [3.05, 3.63) is 11.6 Å². The molecule has 0 aromatic rings. The van der Waals surface area contributed by atoms with Crippen molar-refractivity contribution in [2.45, 2.75) is 83.2 Å². The monoisotopic (exact) mass is 358 g/mol. The third-order valence-electron chi connectivity index (χ3n) is 4.06. The molecule has 3 N–H and O–H groups in total. The van der Waals surface area contributed by atoms with Crippen molar-refractivity contribution in [3.8, 4) is 0 Å². The maximum Gasteiger partial charge on any atom is 0.348 e. The molecule has 144 valence electrons. The van der Waals surface area contributed by atoms with Crippen LogP contribution >= 0.6 is 0 Å². The third kappa shape index (κ3) is 9.11. The van der Waals surface area contributed by atoms with Crippen LogP contribution in [0, 0.1) is 0 Å². The minimum absolute atomic E-state index is 0.246. The van der Waals surface area contributed by atoms with Gasteiger partial charge in [0.2, 0.25) is 0 Å². The molecule has 1 aliphatic heterocycles. The fraction of sp³-hybridized carbons (Fsp3) is 0.778. The standard InChI is InChI=1S/C18H30O7/c1-2-3-4-5-6-7-8-9-10-11-12-24-15-14(13-18(21,22)23)16(19)25-17(15)20/h13,15,21-23H,2-12H2,1H3. The largest absolute Gasteiger partial charge is 0.387 e. The lowest BCUT2D eigenvalue weighted by Crippen LogP contribution is -2.28. The maximum absolute atomic E-state index is 11.5. The number of aliphatic hydroxyl groups is 3. The Kier molecular flexibility index (Phi) is 9.89. The summed E-state index contributed by atoms with van der Waals surface area (Å²) < 4.78 is 9.70. The maximum atomic E-state index is 11.5. The molecule has 1 heterocycles. The number of esters is 2. The lowest BCUT2D eigenvalue weighted by atomic mass is 10.1. The molecule has 1 fully saturated rings. The number of carbonyl (C=O) groups is 2. The zero-order chi connectivity index (χ0) is 18.7. The number of carbonyl (C=O) groups excluding carboxylic acids is 2. The van der Waals surface area contributed by atoms with Gasteiger partial charge in [0, 0.05) is 12.7 Å². The van der Waals surface area contributed by atoms with Gasteiger partial charge >= 0.3 is 11.9 Å². The summed E-state index contributed by atoms with van der Waals surface area (Å²) in [5, 5.41) is 26.8. The van der Waals surface area contributed by atoms with E-state index in [1.807, 2.05) is 0 Å². The first kappa shape index (κ1) is 21.8. The van der Waals surface area contributed by atoms with Crippen LogP contribution in [-0.4, -0.2) is 45.9 Å². The molecule has 7 heteroatoms. The Morgan fingerprint density at radius 1 is 0.960 bits per heavy atom. The second kappa shape index (κ2) is 11.4. The zero-order valence-electron chi connectivity index (χ0n) is 14.9. The Bertz CT molecular complexity index is 451. The minimum atomic E-state index is -3.20. The van der Waals surface area contributed by atoms with Crippen LogP contribution in [0.5, 0.6) is 0 Å². The molecule has 0 aromatic heterocycles. The van der Waals surface area contributed by atoms with Gasteiger partial charge < -0.3 is 24.8 Å². The van der Waals surface area contributed by atoms with Crippen LogP contribution in [0.25, 0.3) is 0 Å². The molecule has 0 aromatic carbocycles. The van der Waals surface area contributed by atoms with Crippen LogP contribution in [-0.2, 0) is 19.1 Å². The number of hydrogen-bond acceptors (Lipinski definition) is 7. The minimum Gasteiger partial charge on any atom is -0.387 e. The highest BCUT2D eigenvalue weighted by Gasteiger charge is 2.41. The van der Waals surface area contributed by atoms with Crippen LogP contribution in [0.2, 0.25) is 0 Å². The predicted molar refractivity (Wildman–Crippen MR) is 90.2 cm³/mol. The number of unbranched alkanes of at least 4 members (excludes halogenated alkanes) is 9. The van der Waals surface area contributed by atoms with Gasteiger partial charge in [-0.25, -0.2) is 9.59 Å². The zero-order valence-corrected chi connectivity index (χ0v) is 14.9. The lowest BCUT2D eigenvalue weighted by Gasteiger charge is -2.12. The summed E-state index contributed by atoms with van der Waals surface area (Å²) >= 11 is 0. The van der Waals surface area contributed by atoms with E-state index in [1.165, 1.54) is 44.9 Å². The molecule has 0 saturated carbocycles. The van der Waals surface area contributed by atoms with Crippen LogP contribution in [0.15, 0.2) is 11.6 Å². The van der Waals surface area contributed by atoms with Gasteiger partial charge in [0.15, 0.2) is 6.10 Å². The Balaban J connectivity index is 2.17. The molecular formula is C18H30O7. The van der Waals surface area contributed by atoms with E-state index in [4.69, 9.17) is 20.1 Å². The third-order valence-corrected chi connectivity index (χ3v) is 4.06. The Labute approximate surface area is 148 Å². The van der Waals surface area contributed by atoms with Crippen molar-refractivity contribution in [2.24, 2.45) is 0 Å². The SMILES string of the molecule is CCCCCCCCCCCCOC1C(=O)OC(=O)C1=CC(O)(O)O. The molecule has 1 aliphatic rings. The molecular weight excluding hydrogens is 328 g/mol. The Morgan fingerprint density at radius 2 is 1.48 bits per heavy atom. The molecule has 7 nitrogen and oxygen atoms in total. The van der Waals surface area contributed by atoms with Gasteiger partial charge in [-0.2, -0.15) is 0 Å². The first-order valence-corrected chi connectivity index (χ1v) is 9.12. The average molecular weight is 358 g/mol. The van der Waals surface area contributed by atoms with Gasteiger partial charge in [-0.1, -0.05) is 64.7 Å². The smallest absolute Gasteiger partial charge is 0.348 e. The first-order valence-electron chi connectivity index (χ1n) is 9.12. The van der Waals surface area contributed by atoms with Crippen molar-refractivity contribution in [1.82, 2.24) is 0 Å². The van der Waals surface area contributed by atoms with Crippen molar-refractivity contribution >= 4 is 11.9 Å². The van der Waals surface area contributed by atoms with Crippen molar-refractivity contribution in [2.75, 3.05) is 6.61 Å². The summed E-state index contributed by atoms with van der Waals surface area (Å²) in [5.74, 6) is -5.15. The van der Waals surface area contributed by atoms with E-state index in [2.05, 4.69) is 11.7 Å². The summed E-state index contributed by atoms with van der Waals surface area (Å²) in [4.78, 5) is 23.0. The van der Waals surface area contributed by atoms with Crippen molar-refractivity contribution in [3.63, 3.8) is 0 Å². The molecule has 0 amide bonds. The lowest BCUT2D eigenvalue weighted by molar-refractivity contribution is -0.274. The molecule has 0 radical (unpaired) electrons. The summed E-state index contributed by atoms with van der Waals surface area (Å²) in [6.45, 7) is 2.45.